The first-order chi connectivity index (χ1) is 10.6. The van der Waals surface area contributed by atoms with Crippen LogP contribution in [0.3, 0.4) is 0 Å². The minimum Gasteiger partial charge on any atom is -0.379 e. The molecule has 3 aliphatic rings. The van der Waals surface area contributed by atoms with Crippen LogP contribution in [0.15, 0.2) is 0 Å². The highest BCUT2D eigenvalue weighted by molar-refractivity contribution is 5.79. The summed E-state index contributed by atoms with van der Waals surface area (Å²) in [5.74, 6) is 0.505. The number of hydrogen-bond acceptors (Lipinski definition) is 5. The number of ether oxygens (including phenoxy) is 2. The molecular formula is C15H25N3O4. The predicted molar refractivity (Wildman–Crippen MR) is 79.3 cm³/mol. The van der Waals surface area contributed by atoms with Gasteiger partial charge in [-0.15, -0.1) is 0 Å². The van der Waals surface area contributed by atoms with Crippen molar-refractivity contribution in [3.05, 3.63) is 0 Å². The van der Waals surface area contributed by atoms with Crippen molar-refractivity contribution in [2.24, 2.45) is 5.92 Å². The van der Waals surface area contributed by atoms with Gasteiger partial charge in [0.1, 0.15) is 6.61 Å². The van der Waals surface area contributed by atoms with Gasteiger partial charge in [-0.1, -0.05) is 0 Å². The molecule has 0 aliphatic carbocycles. The minimum absolute atomic E-state index is 0.00924. The number of carbonyl (C=O) groups excluding carboxylic acids is 2. The Hall–Kier alpha value is -1.18. The van der Waals surface area contributed by atoms with Crippen LogP contribution in [0.4, 0.5) is 0 Å². The number of hydrogen-bond donors (Lipinski definition) is 0. The highest BCUT2D eigenvalue weighted by atomic mass is 16.5. The van der Waals surface area contributed by atoms with Gasteiger partial charge >= 0.3 is 0 Å². The van der Waals surface area contributed by atoms with Gasteiger partial charge < -0.3 is 19.3 Å². The lowest BCUT2D eigenvalue weighted by molar-refractivity contribution is -0.140. The summed E-state index contributed by atoms with van der Waals surface area (Å²) in [6.07, 6.45) is 0.900. The summed E-state index contributed by atoms with van der Waals surface area (Å²) in [6, 6.07) is 0.0809. The monoisotopic (exact) mass is 311 g/mol. The molecule has 3 aliphatic heterocycles. The van der Waals surface area contributed by atoms with E-state index in [1.54, 1.807) is 4.90 Å². The molecular weight excluding hydrogens is 286 g/mol. The fourth-order valence-corrected chi connectivity index (χ4v) is 3.47. The molecule has 7 heteroatoms. The highest BCUT2D eigenvalue weighted by Gasteiger charge is 2.37. The van der Waals surface area contributed by atoms with E-state index < -0.39 is 0 Å². The predicted octanol–water partition coefficient (Wildman–Crippen LogP) is -0.976. The maximum atomic E-state index is 12.5. The summed E-state index contributed by atoms with van der Waals surface area (Å²) >= 11 is 0. The number of carbonyl (C=O) groups is 2. The van der Waals surface area contributed by atoms with Crippen molar-refractivity contribution in [3.63, 3.8) is 0 Å². The molecule has 3 heterocycles. The van der Waals surface area contributed by atoms with Gasteiger partial charge in [-0.05, 0) is 6.42 Å². The maximum absolute atomic E-state index is 12.5. The summed E-state index contributed by atoms with van der Waals surface area (Å²) in [6.45, 7) is 5.65. The summed E-state index contributed by atoms with van der Waals surface area (Å²) in [4.78, 5) is 30.3. The van der Waals surface area contributed by atoms with Crippen LogP contribution in [0.1, 0.15) is 6.42 Å². The second-order valence-electron chi connectivity index (χ2n) is 6.36. The van der Waals surface area contributed by atoms with Gasteiger partial charge in [0.15, 0.2) is 0 Å². The first kappa shape index (κ1) is 15.7. The molecule has 3 rings (SSSR count). The van der Waals surface area contributed by atoms with E-state index in [9.17, 15) is 9.59 Å². The van der Waals surface area contributed by atoms with Crippen molar-refractivity contribution in [3.8, 4) is 0 Å². The van der Waals surface area contributed by atoms with Gasteiger partial charge in [0.05, 0.1) is 32.4 Å². The Morgan fingerprint density at radius 1 is 1.23 bits per heavy atom. The fraction of sp³-hybridized carbons (Fsp3) is 0.867. The van der Waals surface area contributed by atoms with Crippen molar-refractivity contribution in [2.75, 3.05) is 66.2 Å². The molecule has 3 fully saturated rings. The van der Waals surface area contributed by atoms with E-state index in [0.717, 1.165) is 26.1 Å². The summed E-state index contributed by atoms with van der Waals surface area (Å²) in [7, 11) is 1.82. The zero-order valence-corrected chi connectivity index (χ0v) is 13.2. The third-order valence-electron chi connectivity index (χ3n) is 4.99. The maximum Gasteiger partial charge on any atom is 0.248 e. The number of likely N-dealkylation sites (tertiary alicyclic amines) is 1. The Morgan fingerprint density at radius 3 is 2.77 bits per heavy atom. The molecule has 0 aromatic heterocycles. The number of amides is 2. The molecule has 3 saturated heterocycles. The van der Waals surface area contributed by atoms with Crippen LogP contribution >= 0.6 is 0 Å². The molecule has 0 unspecified atom stereocenters. The summed E-state index contributed by atoms with van der Waals surface area (Å²) in [5, 5.41) is 0. The van der Waals surface area contributed by atoms with Gasteiger partial charge in [-0.3, -0.25) is 14.5 Å². The van der Waals surface area contributed by atoms with Crippen molar-refractivity contribution in [2.45, 2.75) is 12.5 Å². The second kappa shape index (κ2) is 6.93. The van der Waals surface area contributed by atoms with E-state index in [-0.39, 0.29) is 24.5 Å². The van der Waals surface area contributed by atoms with Crippen molar-refractivity contribution in [1.29, 1.82) is 0 Å². The van der Waals surface area contributed by atoms with E-state index in [1.165, 1.54) is 0 Å². The van der Waals surface area contributed by atoms with E-state index in [0.29, 0.717) is 38.8 Å². The second-order valence-corrected chi connectivity index (χ2v) is 6.36. The minimum atomic E-state index is 0.00924. The third-order valence-corrected chi connectivity index (χ3v) is 4.99. The first-order valence-electron chi connectivity index (χ1n) is 8.06. The number of piperidine rings is 1. The Kier molecular flexibility index (Phi) is 4.95. The molecule has 0 bridgehead atoms. The lowest BCUT2D eigenvalue weighted by Crippen LogP contribution is -2.56. The SMILES string of the molecule is CN1C(=O)COC[C@@H]2CCN(C(=O)CN3CCOCC3)C[C@@H]21. The Bertz CT molecular complexity index is 425. The standard InChI is InChI=1S/C15H25N3O4/c1-16-13-8-18(3-2-12(13)10-22-11-15(16)20)14(19)9-17-4-6-21-7-5-17/h12-13H,2-11H2,1H3/t12-,13-/m0/s1. The van der Waals surface area contributed by atoms with Gasteiger partial charge in [-0.25, -0.2) is 0 Å². The highest BCUT2D eigenvalue weighted by Crippen LogP contribution is 2.24. The normalized spacial score (nSPS) is 30.9. The van der Waals surface area contributed by atoms with Crippen LogP contribution in [0, 0.1) is 5.92 Å². The van der Waals surface area contributed by atoms with Crippen LogP contribution < -0.4 is 0 Å². The molecule has 2 amide bonds. The fourth-order valence-electron chi connectivity index (χ4n) is 3.47. The lowest BCUT2D eigenvalue weighted by Gasteiger charge is -2.41. The Balaban J connectivity index is 1.58. The van der Waals surface area contributed by atoms with Gasteiger partial charge in [0, 0.05) is 39.1 Å². The third kappa shape index (κ3) is 3.42. The zero-order chi connectivity index (χ0) is 15.5. The van der Waals surface area contributed by atoms with Crippen molar-refractivity contribution in [1.82, 2.24) is 14.7 Å². The van der Waals surface area contributed by atoms with Crippen molar-refractivity contribution < 1.29 is 19.1 Å². The van der Waals surface area contributed by atoms with E-state index in [2.05, 4.69) is 4.90 Å². The number of nitrogens with zero attached hydrogens (tertiary/aromatic N) is 3. The Labute approximate surface area is 131 Å². The molecule has 0 aromatic rings. The van der Waals surface area contributed by atoms with Crippen LogP contribution in [-0.2, 0) is 19.1 Å². The molecule has 0 N–H and O–H groups in total. The van der Waals surface area contributed by atoms with E-state index in [4.69, 9.17) is 9.47 Å². The van der Waals surface area contributed by atoms with Crippen molar-refractivity contribution >= 4 is 11.8 Å². The number of morpholine rings is 1. The van der Waals surface area contributed by atoms with E-state index in [1.807, 2.05) is 11.9 Å². The summed E-state index contributed by atoms with van der Waals surface area (Å²) < 4.78 is 10.8. The van der Waals surface area contributed by atoms with Gasteiger partial charge in [-0.2, -0.15) is 0 Å². The van der Waals surface area contributed by atoms with E-state index >= 15 is 0 Å². The number of fused-ring (bicyclic) bond motifs is 1. The quantitative estimate of drug-likeness (QED) is 0.656. The van der Waals surface area contributed by atoms with Crippen LogP contribution in [-0.4, -0.2) is 98.8 Å². The average Bonchev–Trinajstić information content (AvgIpc) is 2.68. The topological polar surface area (TPSA) is 62.3 Å². The molecule has 124 valence electrons. The largest absolute Gasteiger partial charge is 0.379 e. The summed E-state index contributed by atoms with van der Waals surface area (Å²) in [5.41, 5.74) is 0. The van der Waals surface area contributed by atoms with Gasteiger partial charge in [0.2, 0.25) is 11.8 Å². The van der Waals surface area contributed by atoms with Crippen LogP contribution in [0.2, 0.25) is 0 Å². The molecule has 0 radical (unpaired) electrons. The molecule has 2 atom stereocenters. The molecule has 7 nitrogen and oxygen atoms in total. The Morgan fingerprint density at radius 2 is 2.00 bits per heavy atom. The molecule has 0 aromatic carbocycles. The number of likely N-dealkylation sites (N-methyl/N-ethyl adjacent to an activating group) is 1. The molecule has 22 heavy (non-hydrogen) atoms. The van der Waals surface area contributed by atoms with Crippen LogP contribution in [0.25, 0.3) is 0 Å². The smallest absolute Gasteiger partial charge is 0.248 e. The lowest BCUT2D eigenvalue weighted by atomic mass is 9.91. The first-order valence-corrected chi connectivity index (χ1v) is 8.06. The number of rotatable bonds is 2. The molecule has 0 spiro atoms. The zero-order valence-electron chi connectivity index (χ0n) is 13.2. The van der Waals surface area contributed by atoms with Gasteiger partial charge in [0.25, 0.3) is 0 Å². The molecule has 0 saturated carbocycles. The average molecular weight is 311 g/mol. The van der Waals surface area contributed by atoms with Crippen LogP contribution in [0.5, 0.6) is 0 Å².